The molecule has 2 aliphatic rings. The second-order valence-electron chi connectivity index (χ2n) is 10.8. The van der Waals surface area contributed by atoms with Crippen molar-refractivity contribution in [1.29, 1.82) is 0 Å². The van der Waals surface area contributed by atoms with Crippen molar-refractivity contribution in [3.05, 3.63) is 121 Å². The maximum atomic E-state index is 13.3. The van der Waals surface area contributed by atoms with Gasteiger partial charge in [0.15, 0.2) is 0 Å². The molecule has 4 nitrogen and oxygen atoms in total. The number of benzene rings is 4. The van der Waals surface area contributed by atoms with Crippen LogP contribution in [0.3, 0.4) is 0 Å². The van der Waals surface area contributed by atoms with Crippen molar-refractivity contribution in [2.24, 2.45) is 0 Å². The van der Waals surface area contributed by atoms with Gasteiger partial charge in [0.1, 0.15) is 0 Å². The Kier molecular flexibility index (Phi) is 8.90. The van der Waals surface area contributed by atoms with Gasteiger partial charge in [0.05, 0.1) is 6.67 Å². The SMILES string of the molecule is O=C1CC[C@@H](CP(c2ccccc2)c2ccccc2)N1CN1C(=O)CC[C@H]1CP(c1ccccc1)c1ccccc1. The summed E-state index contributed by atoms with van der Waals surface area (Å²) in [5.41, 5.74) is 0. The first-order valence-electron chi connectivity index (χ1n) is 14.5. The van der Waals surface area contributed by atoms with Gasteiger partial charge in [0, 0.05) is 24.9 Å². The topological polar surface area (TPSA) is 40.6 Å². The first-order valence-corrected chi connectivity index (χ1v) is 17.6. The Morgan fingerprint density at radius 3 is 1.07 bits per heavy atom. The largest absolute Gasteiger partial charge is 0.321 e. The summed E-state index contributed by atoms with van der Waals surface area (Å²) in [6.07, 6.45) is 4.66. The van der Waals surface area contributed by atoms with Gasteiger partial charge in [-0.1, -0.05) is 121 Å². The van der Waals surface area contributed by atoms with Gasteiger partial charge in [-0.2, -0.15) is 0 Å². The van der Waals surface area contributed by atoms with E-state index in [-0.39, 0.29) is 23.9 Å². The summed E-state index contributed by atoms with van der Waals surface area (Å²) in [4.78, 5) is 30.7. The number of nitrogens with zero attached hydrogens (tertiary/aromatic N) is 2. The fourth-order valence-electron chi connectivity index (χ4n) is 6.09. The van der Waals surface area contributed by atoms with Crippen molar-refractivity contribution in [2.45, 2.75) is 37.8 Å². The Bertz CT molecular complexity index is 1250. The predicted octanol–water partition coefficient (Wildman–Crippen LogP) is 5.19. The zero-order valence-corrected chi connectivity index (χ0v) is 25.0. The van der Waals surface area contributed by atoms with Crippen molar-refractivity contribution >= 4 is 48.9 Å². The number of rotatable bonds is 10. The molecule has 2 amide bonds. The molecular weight excluding hydrogens is 542 g/mol. The lowest BCUT2D eigenvalue weighted by atomic mass is 10.2. The molecule has 6 heteroatoms. The lowest BCUT2D eigenvalue weighted by Gasteiger charge is -2.36. The van der Waals surface area contributed by atoms with Crippen molar-refractivity contribution in [2.75, 3.05) is 19.0 Å². The molecule has 0 saturated carbocycles. The smallest absolute Gasteiger partial charge is 0.224 e. The molecule has 0 bridgehead atoms. The molecule has 0 radical (unpaired) electrons. The third-order valence-electron chi connectivity index (χ3n) is 8.27. The number of hydrogen-bond acceptors (Lipinski definition) is 2. The van der Waals surface area contributed by atoms with Gasteiger partial charge >= 0.3 is 0 Å². The van der Waals surface area contributed by atoms with Crippen LogP contribution in [0.2, 0.25) is 0 Å². The van der Waals surface area contributed by atoms with E-state index >= 15 is 0 Å². The van der Waals surface area contributed by atoms with Crippen LogP contribution in [-0.4, -0.2) is 52.7 Å². The van der Waals surface area contributed by atoms with E-state index in [1.807, 2.05) is 9.80 Å². The van der Waals surface area contributed by atoms with Gasteiger partial charge in [0.2, 0.25) is 11.8 Å². The zero-order valence-electron chi connectivity index (χ0n) is 23.3. The highest BCUT2D eigenvalue weighted by atomic mass is 31.1. The van der Waals surface area contributed by atoms with Gasteiger partial charge in [-0.05, 0) is 62.2 Å². The summed E-state index contributed by atoms with van der Waals surface area (Å²) in [5.74, 6) is 0.357. The Labute approximate surface area is 245 Å². The third kappa shape index (κ3) is 6.45. The normalized spacial score (nSPS) is 19.1. The molecule has 2 heterocycles. The van der Waals surface area contributed by atoms with E-state index in [1.165, 1.54) is 21.2 Å². The lowest BCUT2D eigenvalue weighted by Crippen LogP contribution is -2.48. The van der Waals surface area contributed by atoms with E-state index in [2.05, 4.69) is 121 Å². The average Bonchev–Trinajstić information content (AvgIpc) is 3.56. The monoisotopic (exact) mass is 578 g/mol. The molecule has 0 aromatic heterocycles. The summed E-state index contributed by atoms with van der Waals surface area (Å²) in [6.45, 7) is 0.409. The quantitative estimate of drug-likeness (QED) is 0.243. The minimum Gasteiger partial charge on any atom is -0.321 e. The summed E-state index contributed by atoms with van der Waals surface area (Å²) >= 11 is 0. The van der Waals surface area contributed by atoms with E-state index in [0.717, 1.165) is 25.2 Å². The highest BCUT2D eigenvalue weighted by Crippen LogP contribution is 2.40. The number of carbonyl (C=O) groups excluding carboxylic acids is 2. The van der Waals surface area contributed by atoms with E-state index in [0.29, 0.717) is 19.5 Å². The van der Waals surface area contributed by atoms with Crippen LogP contribution in [0.5, 0.6) is 0 Å². The summed E-state index contributed by atoms with van der Waals surface area (Å²) in [7, 11) is -1.23. The molecule has 2 saturated heterocycles. The standard InChI is InChI=1S/C35H36N2O2P2/c38-34-23-21-28(25-40(30-13-5-1-6-14-30)31-15-7-2-8-16-31)36(34)27-37-29(22-24-35(37)39)26-41(32-17-9-3-10-18-32)33-19-11-4-12-20-33/h1-20,28-29H,21-27H2/t28-,29-/m0/s1. The van der Waals surface area contributed by atoms with Crippen LogP contribution in [0.4, 0.5) is 0 Å². The minimum atomic E-state index is -0.616. The van der Waals surface area contributed by atoms with Crippen LogP contribution >= 0.6 is 15.8 Å². The zero-order chi connectivity index (χ0) is 28.0. The predicted molar refractivity (Wildman–Crippen MR) is 172 cm³/mol. The van der Waals surface area contributed by atoms with Crippen molar-refractivity contribution < 1.29 is 9.59 Å². The molecule has 208 valence electrons. The Morgan fingerprint density at radius 2 is 0.780 bits per heavy atom. The fourth-order valence-corrected chi connectivity index (χ4v) is 11.3. The maximum absolute atomic E-state index is 13.3. The average molecular weight is 579 g/mol. The van der Waals surface area contributed by atoms with Gasteiger partial charge in [-0.15, -0.1) is 0 Å². The third-order valence-corrected chi connectivity index (χ3v) is 13.5. The molecule has 2 aliphatic heterocycles. The lowest BCUT2D eigenvalue weighted by molar-refractivity contribution is -0.136. The number of amides is 2. The molecule has 41 heavy (non-hydrogen) atoms. The Hall–Kier alpha value is -3.32. The molecule has 0 N–H and O–H groups in total. The molecule has 6 rings (SSSR count). The summed E-state index contributed by atoms with van der Waals surface area (Å²) in [5, 5.41) is 5.33. The fraction of sp³-hybridized carbons (Fsp3) is 0.257. The molecule has 0 unspecified atom stereocenters. The van der Waals surface area contributed by atoms with Gasteiger partial charge < -0.3 is 9.80 Å². The van der Waals surface area contributed by atoms with Crippen LogP contribution in [0.15, 0.2) is 121 Å². The molecule has 4 aromatic rings. The van der Waals surface area contributed by atoms with Gasteiger partial charge in [-0.25, -0.2) is 0 Å². The number of carbonyl (C=O) groups is 2. The second kappa shape index (κ2) is 13.1. The van der Waals surface area contributed by atoms with Gasteiger partial charge in [0.25, 0.3) is 0 Å². The van der Waals surface area contributed by atoms with Crippen LogP contribution in [0.1, 0.15) is 25.7 Å². The van der Waals surface area contributed by atoms with Crippen LogP contribution in [0.25, 0.3) is 0 Å². The second-order valence-corrected chi connectivity index (χ2v) is 15.3. The summed E-state index contributed by atoms with van der Waals surface area (Å²) < 4.78 is 0. The highest BCUT2D eigenvalue weighted by Gasteiger charge is 2.39. The minimum absolute atomic E-state index is 0.132. The molecule has 2 atom stereocenters. The molecule has 2 fully saturated rings. The van der Waals surface area contributed by atoms with Gasteiger partial charge in [-0.3, -0.25) is 9.59 Å². The highest BCUT2D eigenvalue weighted by molar-refractivity contribution is 7.73. The molecule has 0 aliphatic carbocycles. The van der Waals surface area contributed by atoms with E-state index < -0.39 is 15.8 Å². The van der Waals surface area contributed by atoms with E-state index in [9.17, 15) is 9.59 Å². The van der Waals surface area contributed by atoms with Crippen LogP contribution in [-0.2, 0) is 9.59 Å². The molecule has 4 aromatic carbocycles. The van der Waals surface area contributed by atoms with Crippen molar-refractivity contribution in [3.63, 3.8) is 0 Å². The Morgan fingerprint density at radius 1 is 0.488 bits per heavy atom. The van der Waals surface area contributed by atoms with Crippen molar-refractivity contribution in [1.82, 2.24) is 9.80 Å². The van der Waals surface area contributed by atoms with E-state index in [1.54, 1.807) is 0 Å². The first kappa shape index (κ1) is 27.8. The number of likely N-dealkylation sites (tertiary alicyclic amines) is 2. The van der Waals surface area contributed by atoms with E-state index in [4.69, 9.17) is 0 Å². The Balaban J connectivity index is 1.23. The summed E-state index contributed by atoms with van der Waals surface area (Å²) in [6, 6.07) is 43.1. The van der Waals surface area contributed by atoms with Crippen LogP contribution in [0, 0.1) is 0 Å². The molecular formula is C35H36N2O2P2. The first-order chi connectivity index (χ1) is 20.2. The molecule has 0 spiro atoms. The maximum Gasteiger partial charge on any atom is 0.224 e. The van der Waals surface area contributed by atoms with Crippen molar-refractivity contribution in [3.8, 4) is 0 Å². The van der Waals surface area contributed by atoms with Crippen LogP contribution < -0.4 is 21.2 Å². The number of hydrogen-bond donors (Lipinski definition) is 0.